The second-order valence-electron chi connectivity index (χ2n) is 7.56. The maximum absolute atomic E-state index is 12.5. The van der Waals surface area contributed by atoms with Gasteiger partial charge in [0.1, 0.15) is 5.75 Å². The Morgan fingerprint density at radius 2 is 1.70 bits per heavy atom. The highest BCUT2D eigenvalue weighted by Crippen LogP contribution is 2.29. The summed E-state index contributed by atoms with van der Waals surface area (Å²) in [6, 6.07) is 6.12. The zero-order chi connectivity index (χ0) is 19.4. The number of ether oxygens (including phenoxy) is 1. The molecule has 0 N–H and O–H groups in total. The third kappa shape index (κ3) is 5.61. The highest BCUT2D eigenvalue weighted by atomic mass is 19.4. The Labute approximate surface area is 158 Å². The number of amides is 1. The fraction of sp³-hybridized carbons (Fsp3) is 0.650. The van der Waals surface area contributed by atoms with E-state index < -0.39 is 6.36 Å². The van der Waals surface area contributed by atoms with Crippen LogP contribution < -0.4 is 4.74 Å². The standard InChI is InChI=1S/C20H27F3N2O2/c1-15(17-6-8-18(9-7-17)27-20(21,22)23)24-10-12-25(13-11-24)19(26)14-16-4-2-3-5-16/h6-9,15-16H,2-5,10-14H2,1H3. The molecule has 3 rings (SSSR count). The third-order valence-electron chi connectivity index (χ3n) is 5.75. The summed E-state index contributed by atoms with van der Waals surface area (Å²) in [4.78, 5) is 16.7. The number of carbonyl (C=O) groups excluding carboxylic acids is 1. The number of halogens is 3. The first-order chi connectivity index (χ1) is 12.8. The molecule has 0 aromatic heterocycles. The Hall–Kier alpha value is -1.76. The molecule has 2 aliphatic rings. The molecule has 1 aliphatic heterocycles. The van der Waals surface area contributed by atoms with Crippen LogP contribution in [-0.2, 0) is 4.79 Å². The van der Waals surface area contributed by atoms with Crippen LogP contribution in [0.5, 0.6) is 5.75 Å². The van der Waals surface area contributed by atoms with E-state index in [1.807, 2.05) is 11.8 Å². The molecule has 1 saturated carbocycles. The molecule has 7 heteroatoms. The van der Waals surface area contributed by atoms with Gasteiger partial charge in [0, 0.05) is 38.6 Å². The van der Waals surface area contributed by atoms with E-state index in [4.69, 9.17) is 0 Å². The van der Waals surface area contributed by atoms with Crippen molar-refractivity contribution in [2.24, 2.45) is 5.92 Å². The first-order valence-electron chi connectivity index (χ1n) is 9.69. The molecule has 0 spiro atoms. The molecule has 1 amide bonds. The van der Waals surface area contributed by atoms with Crippen LogP contribution in [0.2, 0.25) is 0 Å². The highest BCUT2D eigenvalue weighted by molar-refractivity contribution is 5.76. The zero-order valence-electron chi connectivity index (χ0n) is 15.7. The van der Waals surface area contributed by atoms with Gasteiger partial charge in [-0.2, -0.15) is 0 Å². The van der Waals surface area contributed by atoms with Crippen molar-refractivity contribution < 1.29 is 22.7 Å². The topological polar surface area (TPSA) is 32.8 Å². The van der Waals surface area contributed by atoms with E-state index in [1.165, 1.54) is 37.8 Å². The third-order valence-corrected chi connectivity index (χ3v) is 5.75. The van der Waals surface area contributed by atoms with Gasteiger partial charge in [-0.3, -0.25) is 9.69 Å². The average Bonchev–Trinajstić information content (AvgIpc) is 3.13. The van der Waals surface area contributed by atoms with E-state index >= 15 is 0 Å². The number of benzene rings is 1. The Morgan fingerprint density at radius 3 is 2.26 bits per heavy atom. The van der Waals surface area contributed by atoms with Gasteiger partial charge in [-0.25, -0.2) is 0 Å². The van der Waals surface area contributed by atoms with Gasteiger partial charge in [0.15, 0.2) is 0 Å². The van der Waals surface area contributed by atoms with Crippen LogP contribution in [0.1, 0.15) is 50.6 Å². The lowest BCUT2D eigenvalue weighted by atomic mass is 10.0. The number of piperazine rings is 1. The summed E-state index contributed by atoms with van der Waals surface area (Å²) in [6.45, 7) is 5.02. The first-order valence-corrected chi connectivity index (χ1v) is 9.69. The molecule has 1 heterocycles. The largest absolute Gasteiger partial charge is 0.573 e. The van der Waals surface area contributed by atoms with Crippen molar-refractivity contribution in [3.63, 3.8) is 0 Å². The van der Waals surface area contributed by atoms with Crippen LogP contribution in [0.25, 0.3) is 0 Å². The molecule has 4 nitrogen and oxygen atoms in total. The van der Waals surface area contributed by atoms with Crippen LogP contribution in [-0.4, -0.2) is 48.2 Å². The minimum absolute atomic E-state index is 0.0806. The minimum Gasteiger partial charge on any atom is -0.406 e. The van der Waals surface area contributed by atoms with Crippen molar-refractivity contribution in [2.75, 3.05) is 26.2 Å². The average molecular weight is 384 g/mol. The van der Waals surface area contributed by atoms with Gasteiger partial charge < -0.3 is 9.64 Å². The van der Waals surface area contributed by atoms with Gasteiger partial charge in [-0.15, -0.1) is 13.2 Å². The number of nitrogens with zero attached hydrogens (tertiary/aromatic N) is 2. The SMILES string of the molecule is CC(c1ccc(OC(F)(F)F)cc1)N1CCN(C(=O)CC2CCCC2)CC1. The molecule has 27 heavy (non-hydrogen) atoms. The summed E-state index contributed by atoms with van der Waals surface area (Å²) < 4.78 is 40.7. The molecule has 0 radical (unpaired) electrons. The summed E-state index contributed by atoms with van der Waals surface area (Å²) in [5.74, 6) is 0.621. The van der Waals surface area contributed by atoms with Gasteiger partial charge in [0.25, 0.3) is 0 Å². The van der Waals surface area contributed by atoms with Crippen LogP contribution in [0, 0.1) is 5.92 Å². The van der Waals surface area contributed by atoms with Crippen molar-refractivity contribution >= 4 is 5.91 Å². The normalized spacial score (nSPS) is 20.7. The van der Waals surface area contributed by atoms with Crippen LogP contribution >= 0.6 is 0 Å². The van der Waals surface area contributed by atoms with E-state index in [0.29, 0.717) is 25.4 Å². The Morgan fingerprint density at radius 1 is 1.11 bits per heavy atom. The molecule has 0 bridgehead atoms. The fourth-order valence-electron chi connectivity index (χ4n) is 4.11. The molecule has 1 aromatic carbocycles. The van der Waals surface area contributed by atoms with Gasteiger partial charge >= 0.3 is 6.36 Å². The maximum atomic E-state index is 12.5. The van der Waals surface area contributed by atoms with E-state index in [1.54, 1.807) is 12.1 Å². The van der Waals surface area contributed by atoms with Crippen molar-refractivity contribution in [3.05, 3.63) is 29.8 Å². The predicted molar refractivity (Wildman–Crippen MR) is 96.3 cm³/mol. The second kappa shape index (κ2) is 8.50. The van der Waals surface area contributed by atoms with Gasteiger partial charge in [-0.05, 0) is 43.4 Å². The summed E-state index contributed by atoms with van der Waals surface area (Å²) in [7, 11) is 0. The highest BCUT2D eigenvalue weighted by Gasteiger charge is 2.31. The fourth-order valence-corrected chi connectivity index (χ4v) is 4.11. The number of alkyl halides is 3. The molecule has 150 valence electrons. The molecule has 2 fully saturated rings. The lowest BCUT2D eigenvalue weighted by Gasteiger charge is -2.38. The predicted octanol–water partition coefficient (Wildman–Crippen LogP) is 4.37. The summed E-state index contributed by atoms with van der Waals surface area (Å²) in [5, 5.41) is 0. The van der Waals surface area contributed by atoms with E-state index in [0.717, 1.165) is 18.7 Å². The molecule has 1 saturated heterocycles. The van der Waals surface area contributed by atoms with E-state index in [9.17, 15) is 18.0 Å². The molecular formula is C20H27F3N2O2. The number of hydrogen-bond acceptors (Lipinski definition) is 3. The summed E-state index contributed by atoms with van der Waals surface area (Å²) >= 11 is 0. The van der Waals surface area contributed by atoms with E-state index in [2.05, 4.69) is 9.64 Å². The second-order valence-corrected chi connectivity index (χ2v) is 7.56. The maximum Gasteiger partial charge on any atom is 0.573 e. The van der Waals surface area contributed by atoms with Crippen molar-refractivity contribution in [1.29, 1.82) is 0 Å². The van der Waals surface area contributed by atoms with Crippen LogP contribution in [0.4, 0.5) is 13.2 Å². The van der Waals surface area contributed by atoms with Gasteiger partial charge in [0.2, 0.25) is 5.91 Å². The summed E-state index contributed by atoms with van der Waals surface area (Å²) in [5.41, 5.74) is 0.940. The van der Waals surface area contributed by atoms with Crippen molar-refractivity contribution in [1.82, 2.24) is 9.80 Å². The molecule has 1 atom stereocenters. The van der Waals surface area contributed by atoms with Crippen LogP contribution in [0.3, 0.4) is 0 Å². The van der Waals surface area contributed by atoms with E-state index in [-0.39, 0.29) is 17.7 Å². The van der Waals surface area contributed by atoms with Crippen LogP contribution in [0.15, 0.2) is 24.3 Å². The summed E-state index contributed by atoms with van der Waals surface area (Å²) in [6.07, 6.45) is 0.852. The lowest BCUT2D eigenvalue weighted by molar-refractivity contribution is -0.274. The number of rotatable bonds is 5. The smallest absolute Gasteiger partial charge is 0.406 e. The monoisotopic (exact) mass is 384 g/mol. The van der Waals surface area contributed by atoms with Gasteiger partial charge in [0.05, 0.1) is 0 Å². The first kappa shape index (κ1) is 20.0. The zero-order valence-corrected chi connectivity index (χ0v) is 15.7. The molecular weight excluding hydrogens is 357 g/mol. The number of hydrogen-bond donors (Lipinski definition) is 0. The molecule has 1 aromatic rings. The van der Waals surface area contributed by atoms with Gasteiger partial charge in [-0.1, -0.05) is 25.0 Å². The minimum atomic E-state index is -4.67. The Bertz CT molecular complexity index is 619. The molecule has 1 unspecified atom stereocenters. The lowest BCUT2D eigenvalue weighted by Crippen LogP contribution is -2.49. The Balaban J connectivity index is 1.49. The molecule has 1 aliphatic carbocycles. The quantitative estimate of drug-likeness (QED) is 0.756. The number of carbonyl (C=O) groups is 1. The van der Waals surface area contributed by atoms with Crippen molar-refractivity contribution in [2.45, 2.75) is 51.4 Å². The Kier molecular flexibility index (Phi) is 6.29. The van der Waals surface area contributed by atoms with Crippen molar-refractivity contribution in [3.8, 4) is 5.75 Å².